The number of hydrogen-bond donors (Lipinski definition) is 2. The summed E-state index contributed by atoms with van der Waals surface area (Å²) in [6.45, 7) is 0.604. The monoisotopic (exact) mass is 253 g/mol. The largest absolute Gasteiger partial charge is 0.497 e. The molecule has 3 N–H and O–H groups in total. The van der Waals surface area contributed by atoms with E-state index < -0.39 is 0 Å². The van der Waals surface area contributed by atoms with E-state index in [1.165, 1.54) is 0 Å². The number of methoxy groups -OCH3 is 1. The molecule has 0 fully saturated rings. The van der Waals surface area contributed by atoms with Gasteiger partial charge in [0.2, 0.25) is 0 Å². The molecule has 2 aromatic carbocycles. The van der Waals surface area contributed by atoms with Gasteiger partial charge in [-0.2, -0.15) is 5.26 Å². The average Bonchev–Trinajstić information content (AvgIpc) is 2.46. The molecule has 2 rings (SSSR count). The standard InChI is InChI=1S/C15H15N3O/c1-19-13-5-6-14(17)15(8-13)18-10-12-4-2-3-11(7-12)9-16/h2-8,18H,10,17H2,1H3. The van der Waals surface area contributed by atoms with Crippen LogP contribution >= 0.6 is 0 Å². The second kappa shape index (κ2) is 5.78. The average molecular weight is 253 g/mol. The predicted molar refractivity (Wildman–Crippen MR) is 75.9 cm³/mol. The van der Waals surface area contributed by atoms with Crippen molar-refractivity contribution in [3.8, 4) is 11.8 Å². The van der Waals surface area contributed by atoms with Gasteiger partial charge in [-0.05, 0) is 29.8 Å². The third kappa shape index (κ3) is 3.17. The van der Waals surface area contributed by atoms with Crippen molar-refractivity contribution in [1.29, 1.82) is 5.26 Å². The maximum absolute atomic E-state index is 8.85. The molecule has 0 radical (unpaired) electrons. The first kappa shape index (κ1) is 12.8. The van der Waals surface area contributed by atoms with Gasteiger partial charge in [0, 0.05) is 12.6 Å². The first-order valence-corrected chi connectivity index (χ1v) is 5.89. The fourth-order valence-corrected chi connectivity index (χ4v) is 1.76. The van der Waals surface area contributed by atoms with E-state index in [2.05, 4.69) is 11.4 Å². The SMILES string of the molecule is COc1ccc(N)c(NCc2cccc(C#N)c2)c1. The fraction of sp³-hybridized carbons (Fsp3) is 0.133. The molecule has 0 spiro atoms. The number of nitrogens with two attached hydrogens (primary N) is 1. The van der Waals surface area contributed by atoms with Crippen molar-refractivity contribution < 1.29 is 4.74 Å². The number of nitriles is 1. The summed E-state index contributed by atoms with van der Waals surface area (Å²) in [5.41, 5.74) is 9.06. The third-order valence-corrected chi connectivity index (χ3v) is 2.80. The Morgan fingerprint density at radius 3 is 2.84 bits per heavy atom. The minimum atomic E-state index is 0.604. The van der Waals surface area contributed by atoms with Crippen LogP contribution in [-0.4, -0.2) is 7.11 Å². The van der Waals surface area contributed by atoms with Crippen LogP contribution in [0, 0.1) is 11.3 Å². The van der Waals surface area contributed by atoms with Crippen LogP contribution in [-0.2, 0) is 6.54 Å². The van der Waals surface area contributed by atoms with Crippen LogP contribution in [0.2, 0.25) is 0 Å². The number of nitrogens with zero attached hydrogens (tertiary/aromatic N) is 1. The topological polar surface area (TPSA) is 71.1 Å². The van der Waals surface area contributed by atoms with E-state index in [-0.39, 0.29) is 0 Å². The van der Waals surface area contributed by atoms with Crippen molar-refractivity contribution in [2.75, 3.05) is 18.2 Å². The molecule has 0 unspecified atom stereocenters. The van der Waals surface area contributed by atoms with Gasteiger partial charge in [-0.1, -0.05) is 12.1 Å². The Hall–Kier alpha value is -2.67. The highest BCUT2D eigenvalue weighted by Crippen LogP contribution is 2.24. The Morgan fingerprint density at radius 1 is 1.26 bits per heavy atom. The molecule has 19 heavy (non-hydrogen) atoms. The van der Waals surface area contributed by atoms with Crippen LogP contribution in [0.3, 0.4) is 0 Å². The molecule has 96 valence electrons. The maximum Gasteiger partial charge on any atom is 0.121 e. The van der Waals surface area contributed by atoms with Gasteiger partial charge < -0.3 is 15.8 Å². The minimum Gasteiger partial charge on any atom is -0.497 e. The summed E-state index contributed by atoms with van der Waals surface area (Å²) in [6, 6.07) is 15.0. The number of hydrogen-bond acceptors (Lipinski definition) is 4. The molecule has 0 amide bonds. The lowest BCUT2D eigenvalue weighted by atomic mass is 10.1. The van der Waals surface area contributed by atoms with E-state index in [9.17, 15) is 0 Å². The summed E-state index contributed by atoms with van der Waals surface area (Å²) in [4.78, 5) is 0. The zero-order valence-electron chi connectivity index (χ0n) is 10.7. The van der Waals surface area contributed by atoms with Crippen molar-refractivity contribution in [1.82, 2.24) is 0 Å². The third-order valence-electron chi connectivity index (χ3n) is 2.80. The second-order valence-corrected chi connectivity index (χ2v) is 4.12. The van der Waals surface area contributed by atoms with Crippen molar-refractivity contribution in [2.45, 2.75) is 6.54 Å². The Bertz CT molecular complexity index is 617. The zero-order chi connectivity index (χ0) is 13.7. The van der Waals surface area contributed by atoms with E-state index in [0.29, 0.717) is 17.8 Å². The van der Waals surface area contributed by atoms with E-state index in [4.69, 9.17) is 15.7 Å². The lowest BCUT2D eigenvalue weighted by Crippen LogP contribution is -2.03. The predicted octanol–water partition coefficient (Wildman–Crippen LogP) is 2.76. The van der Waals surface area contributed by atoms with Gasteiger partial charge in [-0.15, -0.1) is 0 Å². The summed E-state index contributed by atoms with van der Waals surface area (Å²) < 4.78 is 5.16. The molecule has 0 aromatic heterocycles. The number of anilines is 2. The van der Waals surface area contributed by atoms with Gasteiger partial charge in [0.15, 0.2) is 0 Å². The lowest BCUT2D eigenvalue weighted by molar-refractivity contribution is 0.415. The Labute approximate surface area is 112 Å². The van der Waals surface area contributed by atoms with Crippen LogP contribution in [0.25, 0.3) is 0 Å². The Balaban J connectivity index is 2.12. The van der Waals surface area contributed by atoms with E-state index in [0.717, 1.165) is 17.0 Å². The minimum absolute atomic E-state index is 0.604. The van der Waals surface area contributed by atoms with E-state index in [1.807, 2.05) is 30.3 Å². The van der Waals surface area contributed by atoms with Crippen molar-refractivity contribution in [2.24, 2.45) is 0 Å². The van der Waals surface area contributed by atoms with Crippen LogP contribution in [0.15, 0.2) is 42.5 Å². The normalized spacial score (nSPS) is 9.68. The molecule has 4 nitrogen and oxygen atoms in total. The number of rotatable bonds is 4. The van der Waals surface area contributed by atoms with Crippen molar-refractivity contribution >= 4 is 11.4 Å². The van der Waals surface area contributed by atoms with Gasteiger partial charge in [-0.25, -0.2) is 0 Å². The van der Waals surface area contributed by atoms with Crippen molar-refractivity contribution in [3.63, 3.8) is 0 Å². The number of nitrogens with one attached hydrogen (secondary N) is 1. The summed E-state index contributed by atoms with van der Waals surface area (Å²) in [7, 11) is 1.62. The van der Waals surface area contributed by atoms with E-state index >= 15 is 0 Å². The molecule has 0 aliphatic rings. The molecule has 4 heteroatoms. The van der Waals surface area contributed by atoms with Crippen LogP contribution in [0.5, 0.6) is 5.75 Å². The molecular weight excluding hydrogens is 238 g/mol. The molecule has 0 aliphatic carbocycles. The van der Waals surface area contributed by atoms with Gasteiger partial charge in [0.25, 0.3) is 0 Å². The number of ether oxygens (including phenoxy) is 1. The molecule has 0 bridgehead atoms. The highest BCUT2D eigenvalue weighted by molar-refractivity contribution is 5.68. The first-order valence-electron chi connectivity index (χ1n) is 5.89. The summed E-state index contributed by atoms with van der Waals surface area (Å²) in [5.74, 6) is 0.752. The molecule has 0 atom stereocenters. The van der Waals surface area contributed by atoms with Crippen molar-refractivity contribution in [3.05, 3.63) is 53.6 Å². The highest BCUT2D eigenvalue weighted by Gasteiger charge is 2.02. The van der Waals surface area contributed by atoms with Crippen LogP contribution in [0.1, 0.15) is 11.1 Å². The summed E-state index contributed by atoms with van der Waals surface area (Å²) in [6.07, 6.45) is 0. The van der Waals surface area contributed by atoms with Gasteiger partial charge in [0.1, 0.15) is 5.75 Å². The quantitative estimate of drug-likeness (QED) is 0.822. The summed E-state index contributed by atoms with van der Waals surface area (Å²) >= 11 is 0. The summed E-state index contributed by atoms with van der Waals surface area (Å²) in [5, 5.41) is 12.1. The molecule has 0 aliphatic heterocycles. The Morgan fingerprint density at radius 2 is 2.11 bits per heavy atom. The molecular formula is C15H15N3O. The second-order valence-electron chi connectivity index (χ2n) is 4.12. The fourth-order valence-electron chi connectivity index (χ4n) is 1.76. The van der Waals surface area contributed by atoms with Gasteiger partial charge in [0.05, 0.1) is 30.1 Å². The van der Waals surface area contributed by atoms with Crippen LogP contribution in [0.4, 0.5) is 11.4 Å². The Kier molecular flexibility index (Phi) is 3.89. The number of nitrogen functional groups attached to an aromatic ring is 1. The number of benzene rings is 2. The van der Waals surface area contributed by atoms with Gasteiger partial charge in [-0.3, -0.25) is 0 Å². The highest BCUT2D eigenvalue weighted by atomic mass is 16.5. The molecule has 0 saturated carbocycles. The molecule has 0 saturated heterocycles. The smallest absolute Gasteiger partial charge is 0.121 e. The molecule has 0 heterocycles. The zero-order valence-corrected chi connectivity index (χ0v) is 10.7. The van der Waals surface area contributed by atoms with Crippen LogP contribution < -0.4 is 15.8 Å². The lowest BCUT2D eigenvalue weighted by Gasteiger charge is -2.11. The van der Waals surface area contributed by atoms with Gasteiger partial charge >= 0.3 is 0 Å². The maximum atomic E-state index is 8.85. The molecule has 2 aromatic rings. The first-order chi connectivity index (χ1) is 9.22. The van der Waals surface area contributed by atoms with E-state index in [1.54, 1.807) is 19.2 Å².